The lowest BCUT2D eigenvalue weighted by atomic mass is 10.2. The maximum atomic E-state index is 14.5. The second-order valence-corrected chi connectivity index (χ2v) is 11.5. The Balaban J connectivity index is 2.11. The van der Waals surface area contributed by atoms with Crippen molar-refractivity contribution >= 4 is 95.8 Å². The molecule has 0 radical (unpaired) electrons. The molecule has 1 N–H and O–H groups in total. The van der Waals surface area contributed by atoms with Crippen LogP contribution in [-0.4, -0.2) is 45.0 Å². The quantitative estimate of drug-likeness (QED) is 0.316. The van der Waals surface area contributed by atoms with Crippen LogP contribution in [0, 0.1) is 5.82 Å². The van der Waals surface area contributed by atoms with Crippen LogP contribution in [0.3, 0.4) is 0 Å². The van der Waals surface area contributed by atoms with Crippen LogP contribution < -0.4 is 10.2 Å². The number of anilines is 2. The number of para-hydroxylation sites is 1. The third-order valence-electron chi connectivity index (χ3n) is 4.33. The number of halogens is 6. The fourth-order valence-electron chi connectivity index (χ4n) is 2.72. The monoisotopic (exact) mass is 612 g/mol. The number of hydrogen-bond acceptors (Lipinski definition) is 4. The van der Waals surface area contributed by atoms with Gasteiger partial charge in [0, 0.05) is 12.1 Å². The van der Waals surface area contributed by atoms with E-state index in [0.29, 0.717) is 15.7 Å². The van der Waals surface area contributed by atoms with E-state index in [9.17, 15) is 14.0 Å². The number of carbonyl (C=O) groups is 2. The van der Waals surface area contributed by atoms with Crippen molar-refractivity contribution < 1.29 is 14.0 Å². The number of imide groups is 1. The Morgan fingerprint density at radius 3 is 2.48 bits per heavy atom. The zero-order valence-electron chi connectivity index (χ0n) is 15.8. The van der Waals surface area contributed by atoms with Crippen molar-refractivity contribution in [2.24, 2.45) is 4.99 Å². The number of carbonyl (C=O) groups excluding carboxylic acids is 2. The lowest BCUT2D eigenvalue weighted by molar-refractivity contribution is -0.119. The molecule has 1 aliphatic rings. The number of aliphatic imine (C=N–C) groups is 1. The summed E-state index contributed by atoms with van der Waals surface area (Å²) in [6.07, 6.45) is -0.948. The van der Waals surface area contributed by atoms with Gasteiger partial charge in [0.15, 0.2) is 0 Å². The Hall–Kier alpha value is -1.39. The molecule has 2 aromatic carbocycles. The molecule has 1 unspecified atom stereocenters. The first-order valence-corrected chi connectivity index (χ1v) is 11.5. The van der Waals surface area contributed by atoms with Gasteiger partial charge >= 0.3 is 6.03 Å². The Morgan fingerprint density at radius 2 is 1.87 bits per heavy atom. The number of likely N-dealkylation sites (N-methyl/N-ethyl adjacent to an activating group) is 1. The van der Waals surface area contributed by atoms with E-state index in [1.165, 1.54) is 31.3 Å². The van der Waals surface area contributed by atoms with Crippen LogP contribution in [0.1, 0.15) is 0 Å². The molecule has 3 rings (SSSR count). The van der Waals surface area contributed by atoms with Crippen LogP contribution in [0.25, 0.3) is 0 Å². The molecule has 0 aromatic heterocycles. The van der Waals surface area contributed by atoms with Crippen LogP contribution in [-0.2, 0) is 4.79 Å². The first-order chi connectivity index (χ1) is 14.6. The molecule has 6 nitrogen and oxygen atoms in total. The molecule has 1 heterocycles. The largest absolute Gasteiger partial charge is 0.361 e. The summed E-state index contributed by atoms with van der Waals surface area (Å²) in [5.41, 5.74) is 0.351. The fourth-order valence-corrected chi connectivity index (χ4v) is 3.76. The molecule has 1 aliphatic heterocycles. The Morgan fingerprint density at radius 1 is 1.19 bits per heavy atom. The number of benzene rings is 2. The number of nitrogens with one attached hydrogen (secondary N) is 1. The molecule has 3 amide bonds. The summed E-state index contributed by atoms with van der Waals surface area (Å²) in [4.78, 5) is 31.7. The van der Waals surface area contributed by atoms with Gasteiger partial charge in [0.25, 0.3) is 5.91 Å². The fraction of sp³-hybridized carbons (Fsp3) is 0.211. The van der Waals surface area contributed by atoms with Crippen molar-refractivity contribution in [3.05, 3.63) is 58.3 Å². The highest BCUT2D eigenvalue weighted by Crippen LogP contribution is 2.37. The highest BCUT2D eigenvalue weighted by atomic mass is 79.9. The molecule has 1 saturated heterocycles. The van der Waals surface area contributed by atoms with Gasteiger partial charge in [-0.25, -0.2) is 19.1 Å². The molecule has 2 aromatic rings. The van der Waals surface area contributed by atoms with E-state index < -0.39 is 27.2 Å². The molecule has 164 valence electrons. The highest BCUT2D eigenvalue weighted by Gasteiger charge is 2.44. The maximum Gasteiger partial charge on any atom is 0.337 e. The molecular weight excluding hydrogens is 601 g/mol. The van der Waals surface area contributed by atoms with Gasteiger partial charge in [0.05, 0.1) is 22.3 Å². The van der Waals surface area contributed by atoms with E-state index in [-0.39, 0.29) is 17.4 Å². The van der Waals surface area contributed by atoms with Crippen LogP contribution in [0.2, 0.25) is 10.0 Å². The molecule has 0 bridgehead atoms. The second kappa shape index (κ2) is 9.62. The Bertz CT molecular complexity index is 1070. The summed E-state index contributed by atoms with van der Waals surface area (Å²) in [6.45, 7) is 0. The first-order valence-electron chi connectivity index (χ1n) is 8.66. The second-order valence-electron chi connectivity index (χ2n) is 6.45. The van der Waals surface area contributed by atoms with Crippen molar-refractivity contribution in [3.63, 3.8) is 0 Å². The lowest BCUT2D eigenvalue weighted by Crippen LogP contribution is -2.41. The zero-order chi connectivity index (χ0) is 22.9. The van der Waals surface area contributed by atoms with Gasteiger partial charge in [-0.1, -0.05) is 67.2 Å². The van der Waals surface area contributed by atoms with E-state index in [4.69, 9.17) is 34.8 Å². The summed E-state index contributed by atoms with van der Waals surface area (Å²) >= 11 is 25.2. The minimum atomic E-state index is -1.05. The van der Waals surface area contributed by atoms with Crippen LogP contribution in [0.15, 0.2) is 47.5 Å². The van der Waals surface area contributed by atoms with Crippen molar-refractivity contribution in [3.8, 4) is 0 Å². The summed E-state index contributed by atoms with van der Waals surface area (Å²) in [6, 6.07) is 9.63. The molecular formula is C19H14Br2Cl3FN4O2. The molecule has 1 fully saturated rings. The normalized spacial score (nSPS) is 16.9. The van der Waals surface area contributed by atoms with Gasteiger partial charge < -0.3 is 5.32 Å². The summed E-state index contributed by atoms with van der Waals surface area (Å²) in [5.74, 6) is -1.66. The maximum absolute atomic E-state index is 14.5. The smallest absolute Gasteiger partial charge is 0.337 e. The number of nitrogens with zero attached hydrogens (tertiary/aromatic N) is 3. The topological polar surface area (TPSA) is 65.0 Å². The van der Waals surface area contributed by atoms with Gasteiger partial charge in [-0.15, -0.1) is 11.6 Å². The number of amidine groups is 1. The average molecular weight is 616 g/mol. The average Bonchev–Trinajstić information content (AvgIpc) is 2.93. The first kappa shape index (κ1) is 24.3. The predicted molar refractivity (Wildman–Crippen MR) is 130 cm³/mol. The van der Waals surface area contributed by atoms with E-state index in [0.717, 1.165) is 9.80 Å². The molecule has 0 aliphatic carbocycles. The predicted octanol–water partition coefficient (Wildman–Crippen LogP) is 6.09. The minimum Gasteiger partial charge on any atom is -0.361 e. The van der Waals surface area contributed by atoms with E-state index >= 15 is 0 Å². The van der Waals surface area contributed by atoms with Crippen LogP contribution in [0.5, 0.6) is 0 Å². The third-order valence-corrected chi connectivity index (χ3v) is 7.38. The molecule has 31 heavy (non-hydrogen) atoms. The molecule has 0 saturated carbocycles. The van der Waals surface area contributed by atoms with E-state index in [2.05, 4.69) is 42.2 Å². The SMILES string of the molecule is CN1C(=O)C(=NC(Nc2ccc(Cl)cc2Cl)C(Br)(Br)CCl)N(c2ccccc2F)C1=O. The Kier molecular flexibility index (Phi) is 7.53. The number of hydrogen-bond donors (Lipinski definition) is 1. The Labute approximate surface area is 209 Å². The van der Waals surface area contributed by atoms with Gasteiger partial charge in [-0.2, -0.15) is 0 Å². The van der Waals surface area contributed by atoms with Gasteiger partial charge in [0.2, 0.25) is 5.84 Å². The van der Waals surface area contributed by atoms with E-state index in [1.807, 2.05) is 0 Å². The number of urea groups is 1. The summed E-state index contributed by atoms with van der Waals surface area (Å²) in [7, 11) is 1.29. The zero-order valence-corrected chi connectivity index (χ0v) is 21.2. The molecule has 1 atom stereocenters. The standard InChI is InChI=1S/C19H14Br2Cl3FN4O2/c1-28-16(30)15(29(18(28)31)14-5-3-2-4-12(14)25)27-17(19(20,21)9-22)26-13-7-6-10(23)8-11(13)24/h2-8,17,26H,9H2,1H3. The van der Waals surface area contributed by atoms with Crippen LogP contribution >= 0.6 is 66.7 Å². The van der Waals surface area contributed by atoms with E-state index in [1.54, 1.807) is 18.2 Å². The van der Waals surface area contributed by atoms with Gasteiger partial charge in [-0.05, 0) is 30.3 Å². The van der Waals surface area contributed by atoms with Crippen LogP contribution in [0.4, 0.5) is 20.6 Å². The number of amides is 3. The summed E-state index contributed by atoms with van der Waals surface area (Å²) < 4.78 is 13.4. The van der Waals surface area contributed by atoms with Crippen molar-refractivity contribution in [1.82, 2.24) is 4.90 Å². The minimum absolute atomic E-state index is 0.00430. The van der Waals surface area contributed by atoms with Crippen molar-refractivity contribution in [1.29, 1.82) is 0 Å². The number of alkyl halides is 3. The molecule has 0 spiro atoms. The van der Waals surface area contributed by atoms with Gasteiger partial charge in [0.1, 0.15) is 15.2 Å². The third kappa shape index (κ3) is 5.01. The van der Waals surface area contributed by atoms with Crippen molar-refractivity contribution in [2.45, 2.75) is 9.40 Å². The highest BCUT2D eigenvalue weighted by molar-refractivity contribution is 9.25. The van der Waals surface area contributed by atoms with Gasteiger partial charge in [-0.3, -0.25) is 9.69 Å². The molecule has 12 heteroatoms. The lowest BCUT2D eigenvalue weighted by Gasteiger charge is -2.29. The summed E-state index contributed by atoms with van der Waals surface area (Å²) in [5, 5.41) is 3.81. The number of rotatable bonds is 6. The van der Waals surface area contributed by atoms with Crippen molar-refractivity contribution in [2.75, 3.05) is 23.1 Å².